The highest BCUT2D eigenvalue weighted by Crippen LogP contribution is 2.27. The molecule has 2 aliphatic rings. The molecule has 0 saturated carbocycles. The standard InChI is InChI=1S/C28H38N6O3S/c1-20-8-9-23(16-31-24-10-12-30-13-11-24)14-27(20)32-28(35)19-33-17-21(2)34(22(3)18-33)38(36,37)26-7-5-6-25(15-26)29-4/h5-9,14-15,21-22,24,30-31H,10-13,16-19H2,1-3H3,(H,32,35)/t21-,22+. The van der Waals surface area contributed by atoms with Crippen molar-refractivity contribution in [2.24, 2.45) is 0 Å². The highest BCUT2D eigenvalue weighted by Gasteiger charge is 2.38. The third-order valence-electron chi connectivity index (χ3n) is 7.31. The van der Waals surface area contributed by atoms with E-state index in [4.69, 9.17) is 6.57 Å². The molecule has 3 N–H and O–H groups in total. The number of nitrogens with one attached hydrogen (secondary N) is 3. The lowest BCUT2D eigenvalue weighted by Gasteiger charge is -2.43. The lowest BCUT2D eigenvalue weighted by molar-refractivity contribution is -0.118. The lowest BCUT2D eigenvalue weighted by Crippen LogP contribution is -2.59. The van der Waals surface area contributed by atoms with Crippen LogP contribution in [0.2, 0.25) is 0 Å². The quantitative estimate of drug-likeness (QED) is 0.447. The van der Waals surface area contributed by atoms with E-state index in [0.717, 1.165) is 49.3 Å². The Balaban J connectivity index is 1.35. The monoisotopic (exact) mass is 538 g/mol. The number of anilines is 1. The third-order valence-corrected chi connectivity index (χ3v) is 9.44. The minimum Gasteiger partial charge on any atom is -0.325 e. The van der Waals surface area contributed by atoms with E-state index in [1.807, 2.05) is 37.8 Å². The molecule has 2 fully saturated rings. The number of piperidine rings is 1. The molecule has 2 aliphatic heterocycles. The van der Waals surface area contributed by atoms with Gasteiger partial charge in [0.15, 0.2) is 5.69 Å². The van der Waals surface area contributed by atoms with Crippen molar-refractivity contribution in [2.75, 3.05) is 38.0 Å². The number of carbonyl (C=O) groups is 1. The Morgan fingerprint density at radius 1 is 1.11 bits per heavy atom. The summed E-state index contributed by atoms with van der Waals surface area (Å²) in [5.41, 5.74) is 3.24. The number of hydrogen-bond donors (Lipinski definition) is 3. The summed E-state index contributed by atoms with van der Waals surface area (Å²) < 4.78 is 28.3. The van der Waals surface area contributed by atoms with E-state index in [9.17, 15) is 13.2 Å². The zero-order valence-corrected chi connectivity index (χ0v) is 23.2. The smallest absolute Gasteiger partial charge is 0.242 e. The van der Waals surface area contributed by atoms with E-state index in [2.05, 4.69) is 26.9 Å². The molecule has 0 bridgehead atoms. The zero-order valence-electron chi connectivity index (χ0n) is 22.4. The van der Waals surface area contributed by atoms with Crippen LogP contribution in [0, 0.1) is 13.5 Å². The second kappa shape index (κ2) is 12.4. The molecule has 0 unspecified atom stereocenters. The van der Waals surface area contributed by atoms with Gasteiger partial charge in [0.1, 0.15) is 0 Å². The molecule has 10 heteroatoms. The van der Waals surface area contributed by atoms with Crippen LogP contribution in [-0.4, -0.2) is 74.4 Å². The number of aryl methyl sites for hydroxylation is 1. The normalized spacial score (nSPS) is 21.6. The van der Waals surface area contributed by atoms with Crippen molar-refractivity contribution in [3.8, 4) is 0 Å². The predicted octanol–water partition coefficient (Wildman–Crippen LogP) is 3.11. The van der Waals surface area contributed by atoms with Crippen LogP contribution in [0.5, 0.6) is 0 Å². The number of sulfonamides is 1. The molecule has 0 aliphatic carbocycles. The first kappa shape index (κ1) is 28.2. The number of carbonyl (C=O) groups excluding carboxylic acids is 1. The molecule has 4 rings (SSSR count). The summed E-state index contributed by atoms with van der Waals surface area (Å²) in [6.45, 7) is 16.8. The number of piperazine rings is 1. The van der Waals surface area contributed by atoms with Crippen molar-refractivity contribution in [2.45, 2.75) is 63.2 Å². The average molecular weight is 539 g/mol. The Labute approximate surface area is 226 Å². The fourth-order valence-corrected chi connectivity index (χ4v) is 7.29. The van der Waals surface area contributed by atoms with E-state index < -0.39 is 10.0 Å². The van der Waals surface area contributed by atoms with Crippen LogP contribution in [0.25, 0.3) is 4.85 Å². The van der Waals surface area contributed by atoms with Crippen molar-refractivity contribution < 1.29 is 13.2 Å². The molecule has 1 amide bonds. The van der Waals surface area contributed by atoms with E-state index in [0.29, 0.717) is 24.8 Å². The maximum Gasteiger partial charge on any atom is 0.242 e. The number of hydrogen-bond acceptors (Lipinski definition) is 6. The van der Waals surface area contributed by atoms with Gasteiger partial charge in [-0.1, -0.05) is 24.3 Å². The Morgan fingerprint density at radius 3 is 2.50 bits per heavy atom. The molecule has 2 saturated heterocycles. The summed E-state index contributed by atoms with van der Waals surface area (Å²) in [5, 5.41) is 10.1. The summed E-state index contributed by atoms with van der Waals surface area (Å²) in [6, 6.07) is 12.2. The molecule has 0 radical (unpaired) electrons. The summed E-state index contributed by atoms with van der Waals surface area (Å²) in [6.07, 6.45) is 2.24. The van der Waals surface area contributed by atoms with E-state index in [1.165, 1.54) is 16.4 Å². The van der Waals surface area contributed by atoms with Crippen LogP contribution in [0.1, 0.15) is 37.8 Å². The van der Waals surface area contributed by atoms with Gasteiger partial charge < -0.3 is 16.0 Å². The maximum absolute atomic E-state index is 13.4. The van der Waals surface area contributed by atoms with Crippen LogP contribution in [0.3, 0.4) is 0 Å². The van der Waals surface area contributed by atoms with Crippen LogP contribution in [0.4, 0.5) is 11.4 Å². The van der Waals surface area contributed by atoms with Crippen LogP contribution < -0.4 is 16.0 Å². The lowest BCUT2D eigenvalue weighted by atomic mass is 10.1. The van der Waals surface area contributed by atoms with Crippen LogP contribution in [-0.2, 0) is 21.4 Å². The molecule has 2 aromatic carbocycles. The molecule has 2 atom stereocenters. The van der Waals surface area contributed by atoms with Crippen LogP contribution in [0.15, 0.2) is 47.4 Å². The Bertz CT molecular complexity index is 1270. The highest BCUT2D eigenvalue weighted by atomic mass is 32.2. The molecule has 38 heavy (non-hydrogen) atoms. The number of nitrogens with zero attached hydrogens (tertiary/aromatic N) is 3. The maximum atomic E-state index is 13.4. The van der Waals surface area contributed by atoms with Crippen molar-refractivity contribution in [3.63, 3.8) is 0 Å². The largest absolute Gasteiger partial charge is 0.325 e. The number of benzene rings is 2. The predicted molar refractivity (Wildman–Crippen MR) is 150 cm³/mol. The first-order valence-corrected chi connectivity index (χ1v) is 14.7. The summed E-state index contributed by atoms with van der Waals surface area (Å²) >= 11 is 0. The Kier molecular flexibility index (Phi) is 9.18. The highest BCUT2D eigenvalue weighted by molar-refractivity contribution is 7.89. The second-order valence-electron chi connectivity index (χ2n) is 10.4. The van der Waals surface area contributed by atoms with Gasteiger partial charge in [0.2, 0.25) is 15.9 Å². The van der Waals surface area contributed by atoms with Gasteiger partial charge in [-0.3, -0.25) is 9.69 Å². The number of amides is 1. The topological polar surface area (TPSA) is 98.1 Å². The Morgan fingerprint density at radius 2 is 1.82 bits per heavy atom. The minimum atomic E-state index is -3.76. The van der Waals surface area contributed by atoms with Gasteiger partial charge in [0.25, 0.3) is 0 Å². The Hall–Kier alpha value is -2.81. The van der Waals surface area contributed by atoms with E-state index in [1.54, 1.807) is 12.1 Å². The SMILES string of the molecule is [C-]#[N+]c1cccc(S(=O)(=O)N2[C@H](C)CN(CC(=O)Nc3cc(CNC4CCNCC4)ccc3C)C[C@@H]2C)c1. The first-order chi connectivity index (χ1) is 18.2. The van der Waals surface area contributed by atoms with Gasteiger partial charge >= 0.3 is 0 Å². The fraction of sp³-hybridized carbons (Fsp3) is 0.500. The van der Waals surface area contributed by atoms with Gasteiger partial charge in [-0.05, 0) is 76.0 Å². The minimum absolute atomic E-state index is 0.114. The van der Waals surface area contributed by atoms with Gasteiger partial charge in [0.05, 0.1) is 18.0 Å². The van der Waals surface area contributed by atoms with E-state index >= 15 is 0 Å². The second-order valence-corrected chi connectivity index (χ2v) is 12.3. The molecule has 2 heterocycles. The molecule has 204 valence electrons. The van der Waals surface area contributed by atoms with Crippen LogP contribution >= 0.6 is 0 Å². The van der Waals surface area contributed by atoms with Crippen molar-refractivity contribution >= 4 is 27.3 Å². The average Bonchev–Trinajstić information content (AvgIpc) is 2.89. The number of rotatable bonds is 8. The first-order valence-electron chi connectivity index (χ1n) is 13.2. The zero-order chi connectivity index (χ0) is 27.3. The van der Waals surface area contributed by atoms with E-state index in [-0.39, 0.29) is 29.4 Å². The van der Waals surface area contributed by atoms with Gasteiger partial charge in [-0.15, -0.1) is 0 Å². The summed E-state index contributed by atoms with van der Waals surface area (Å²) in [4.78, 5) is 18.5. The van der Waals surface area contributed by atoms with Crippen molar-refractivity contribution in [1.82, 2.24) is 19.8 Å². The fourth-order valence-electron chi connectivity index (χ4n) is 5.45. The summed E-state index contributed by atoms with van der Waals surface area (Å²) in [7, 11) is -3.76. The van der Waals surface area contributed by atoms with Crippen molar-refractivity contribution in [3.05, 3.63) is 65.0 Å². The molecular weight excluding hydrogens is 500 g/mol. The third kappa shape index (κ3) is 6.79. The summed E-state index contributed by atoms with van der Waals surface area (Å²) in [5.74, 6) is -0.114. The molecule has 0 aromatic heterocycles. The molecule has 2 aromatic rings. The van der Waals surface area contributed by atoms with Gasteiger partial charge in [-0.25, -0.2) is 13.3 Å². The van der Waals surface area contributed by atoms with Gasteiger partial charge in [0, 0.05) is 43.4 Å². The molecule has 0 spiro atoms. The molecular formula is C28H38N6O3S. The van der Waals surface area contributed by atoms with Gasteiger partial charge in [-0.2, -0.15) is 4.31 Å². The molecule has 9 nitrogen and oxygen atoms in total. The van der Waals surface area contributed by atoms with Crippen molar-refractivity contribution in [1.29, 1.82) is 0 Å².